The van der Waals surface area contributed by atoms with Crippen molar-refractivity contribution in [1.29, 1.82) is 0 Å². The van der Waals surface area contributed by atoms with E-state index in [1.54, 1.807) is 7.11 Å². The number of carboxylic acid groups (broad SMARTS) is 1. The van der Waals surface area contributed by atoms with Crippen molar-refractivity contribution in [3.8, 4) is 5.75 Å². The lowest BCUT2D eigenvalue weighted by atomic mass is 9.81. The van der Waals surface area contributed by atoms with Crippen LogP contribution in [0.3, 0.4) is 0 Å². The minimum atomic E-state index is -1.35. The van der Waals surface area contributed by atoms with Gasteiger partial charge < -0.3 is 30.5 Å². The number of hydrogen-bond donors (Lipinski definition) is 4. The van der Waals surface area contributed by atoms with E-state index in [4.69, 9.17) is 20.5 Å². The molecule has 140 valence electrons. The molecule has 1 atom stereocenters. The van der Waals surface area contributed by atoms with Gasteiger partial charge in [0.05, 0.1) is 7.11 Å². The Morgan fingerprint density at radius 3 is 2.40 bits per heavy atom. The Labute approximate surface area is 149 Å². The van der Waals surface area contributed by atoms with Crippen molar-refractivity contribution < 1.29 is 24.7 Å². The van der Waals surface area contributed by atoms with E-state index >= 15 is 0 Å². The molecule has 0 aliphatic heterocycles. The number of rotatable bonds is 12. The predicted molar refractivity (Wildman–Crippen MR) is 97.3 cm³/mol. The molecule has 7 nitrogen and oxygen atoms in total. The third-order valence-corrected chi connectivity index (χ3v) is 4.31. The Morgan fingerprint density at radius 1 is 1.24 bits per heavy atom. The number of nitrogens with two attached hydrogens (primary N) is 1. The molecule has 0 spiro atoms. The zero-order valence-electron chi connectivity index (χ0n) is 15.0. The van der Waals surface area contributed by atoms with Gasteiger partial charge >= 0.3 is 13.1 Å². The Balaban J connectivity index is 2.47. The molecule has 0 aromatic heterocycles. The summed E-state index contributed by atoms with van der Waals surface area (Å²) in [6.45, 7) is 1.24. The van der Waals surface area contributed by atoms with Crippen molar-refractivity contribution in [3.63, 3.8) is 0 Å². The van der Waals surface area contributed by atoms with Gasteiger partial charge in [-0.2, -0.15) is 0 Å². The van der Waals surface area contributed by atoms with Crippen LogP contribution in [-0.2, 0) is 11.3 Å². The first kappa shape index (κ1) is 21.4. The fraction of sp³-hybridized carbons (Fsp3) is 0.588. The largest absolute Gasteiger partial charge is 0.497 e. The second-order valence-corrected chi connectivity index (χ2v) is 6.52. The zero-order chi connectivity index (χ0) is 18.9. The van der Waals surface area contributed by atoms with E-state index in [9.17, 15) is 9.90 Å². The molecule has 0 aliphatic carbocycles. The highest BCUT2D eigenvalue weighted by molar-refractivity contribution is 6.40. The third-order valence-electron chi connectivity index (χ3n) is 4.31. The summed E-state index contributed by atoms with van der Waals surface area (Å²) in [4.78, 5) is 13.6. The van der Waals surface area contributed by atoms with E-state index < -0.39 is 18.6 Å². The van der Waals surface area contributed by atoms with Crippen molar-refractivity contribution >= 4 is 13.1 Å². The molecule has 0 heterocycles. The maximum absolute atomic E-state index is 11.5. The van der Waals surface area contributed by atoms with Crippen LogP contribution in [0.15, 0.2) is 24.3 Å². The van der Waals surface area contributed by atoms with Crippen molar-refractivity contribution in [2.75, 3.05) is 20.7 Å². The van der Waals surface area contributed by atoms with E-state index in [1.807, 2.05) is 36.2 Å². The van der Waals surface area contributed by atoms with Gasteiger partial charge in [0.25, 0.3) is 0 Å². The summed E-state index contributed by atoms with van der Waals surface area (Å²) in [7, 11) is 2.19. The third kappa shape index (κ3) is 7.87. The second kappa shape index (κ2) is 10.4. The van der Waals surface area contributed by atoms with E-state index in [2.05, 4.69) is 0 Å². The Bertz CT molecular complexity index is 526. The highest BCUT2D eigenvalue weighted by Gasteiger charge is 2.33. The summed E-state index contributed by atoms with van der Waals surface area (Å²) in [5.41, 5.74) is 5.88. The van der Waals surface area contributed by atoms with Gasteiger partial charge in [-0.1, -0.05) is 25.0 Å². The van der Waals surface area contributed by atoms with Gasteiger partial charge in [-0.3, -0.25) is 4.79 Å². The van der Waals surface area contributed by atoms with E-state index in [0.717, 1.165) is 11.3 Å². The number of carbonyl (C=O) groups is 1. The quantitative estimate of drug-likeness (QED) is 0.327. The lowest BCUT2D eigenvalue weighted by Gasteiger charge is -2.27. The first-order valence-corrected chi connectivity index (χ1v) is 8.47. The number of unbranched alkanes of at least 4 members (excludes halogenated alkanes) is 1. The topological polar surface area (TPSA) is 116 Å². The lowest BCUT2D eigenvalue weighted by molar-refractivity contribution is -0.144. The lowest BCUT2D eigenvalue weighted by Crippen LogP contribution is -2.49. The minimum Gasteiger partial charge on any atom is -0.497 e. The molecule has 0 aliphatic rings. The number of methoxy groups -OCH3 is 1. The van der Waals surface area contributed by atoms with E-state index in [0.29, 0.717) is 38.8 Å². The van der Waals surface area contributed by atoms with E-state index in [-0.39, 0.29) is 6.32 Å². The molecule has 1 unspecified atom stereocenters. The van der Waals surface area contributed by atoms with Crippen LogP contribution in [0, 0.1) is 0 Å². The average molecular weight is 352 g/mol. The number of carboxylic acids is 1. The molecule has 8 heteroatoms. The molecular weight excluding hydrogens is 323 g/mol. The van der Waals surface area contributed by atoms with Gasteiger partial charge in [-0.15, -0.1) is 0 Å². The normalized spacial score (nSPS) is 13.5. The highest BCUT2D eigenvalue weighted by Crippen LogP contribution is 2.19. The SMILES string of the molecule is COc1ccc(CN(C)CCC(N)(CCCCB(O)O)C(=O)O)cc1. The fourth-order valence-corrected chi connectivity index (χ4v) is 2.62. The van der Waals surface area contributed by atoms with Crippen LogP contribution in [0.2, 0.25) is 6.32 Å². The first-order valence-electron chi connectivity index (χ1n) is 8.47. The number of ether oxygens (including phenoxy) is 1. The van der Waals surface area contributed by atoms with Gasteiger partial charge in [-0.05, 0) is 43.9 Å². The molecular formula is C17H29BN2O5. The zero-order valence-corrected chi connectivity index (χ0v) is 15.0. The Hall–Kier alpha value is -1.61. The number of nitrogens with zero attached hydrogens (tertiary/aromatic N) is 1. The standard InChI is InChI=1S/C17H29BN2O5/c1-20(13-14-5-7-15(25-2)8-6-14)12-10-17(19,16(21)22)9-3-4-11-18(23)24/h5-8,23-24H,3-4,9-13,19H2,1-2H3,(H,21,22). The summed E-state index contributed by atoms with van der Waals surface area (Å²) in [6, 6.07) is 7.73. The number of benzene rings is 1. The Kier molecular flexibility index (Phi) is 8.92. The van der Waals surface area contributed by atoms with Gasteiger partial charge in [0.1, 0.15) is 11.3 Å². The van der Waals surface area contributed by atoms with Gasteiger partial charge in [0.2, 0.25) is 0 Å². The molecule has 0 bridgehead atoms. The summed E-state index contributed by atoms with van der Waals surface area (Å²) < 4.78 is 5.13. The molecule has 25 heavy (non-hydrogen) atoms. The van der Waals surface area contributed by atoms with Gasteiger partial charge in [-0.25, -0.2) is 0 Å². The second-order valence-electron chi connectivity index (χ2n) is 6.52. The smallest absolute Gasteiger partial charge is 0.451 e. The number of aliphatic carboxylic acids is 1. The van der Waals surface area contributed by atoms with Gasteiger partial charge in [0.15, 0.2) is 0 Å². The summed E-state index contributed by atoms with van der Waals surface area (Å²) in [6.07, 6.45) is 1.95. The fourth-order valence-electron chi connectivity index (χ4n) is 2.62. The molecule has 5 N–H and O–H groups in total. The predicted octanol–water partition coefficient (Wildman–Crippen LogP) is 0.942. The van der Waals surface area contributed by atoms with E-state index in [1.165, 1.54) is 0 Å². The summed E-state index contributed by atoms with van der Waals surface area (Å²) in [5.74, 6) is -0.221. The first-order chi connectivity index (χ1) is 11.8. The van der Waals surface area contributed by atoms with Crippen LogP contribution in [-0.4, -0.2) is 59.4 Å². The van der Waals surface area contributed by atoms with Crippen LogP contribution < -0.4 is 10.5 Å². The molecule has 1 aromatic rings. The maximum atomic E-state index is 11.5. The number of hydrogen-bond acceptors (Lipinski definition) is 6. The molecule has 0 fully saturated rings. The van der Waals surface area contributed by atoms with Gasteiger partial charge in [0, 0.05) is 13.1 Å². The van der Waals surface area contributed by atoms with Crippen LogP contribution in [0.5, 0.6) is 5.75 Å². The molecule has 0 radical (unpaired) electrons. The van der Waals surface area contributed by atoms with Crippen molar-refractivity contribution in [2.24, 2.45) is 5.73 Å². The average Bonchev–Trinajstić information content (AvgIpc) is 2.57. The molecule has 0 saturated heterocycles. The summed E-state index contributed by atoms with van der Waals surface area (Å²) >= 11 is 0. The van der Waals surface area contributed by atoms with Crippen molar-refractivity contribution in [1.82, 2.24) is 4.90 Å². The maximum Gasteiger partial charge on any atom is 0.451 e. The Morgan fingerprint density at radius 2 is 1.88 bits per heavy atom. The molecule has 0 saturated carbocycles. The summed E-state index contributed by atoms with van der Waals surface area (Å²) in [5, 5.41) is 27.1. The van der Waals surface area contributed by atoms with Crippen LogP contribution in [0.1, 0.15) is 31.2 Å². The monoisotopic (exact) mass is 352 g/mol. The molecule has 0 amide bonds. The van der Waals surface area contributed by atoms with Crippen molar-refractivity contribution in [2.45, 2.75) is 44.1 Å². The molecule has 1 rings (SSSR count). The van der Waals surface area contributed by atoms with Crippen molar-refractivity contribution in [3.05, 3.63) is 29.8 Å². The molecule has 1 aromatic carbocycles. The van der Waals surface area contributed by atoms with Crippen LogP contribution >= 0.6 is 0 Å². The highest BCUT2D eigenvalue weighted by atomic mass is 16.5. The van der Waals surface area contributed by atoms with Crippen LogP contribution in [0.25, 0.3) is 0 Å². The van der Waals surface area contributed by atoms with Crippen LogP contribution in [0.4, 0.5) is 0 Å². The minimum absolute atomic E-state index is 0.229.